The molecule has 186 valence electrons. The zero-order valence-corrected chi connectivity index (χ0v) is 23.2. The maximum atomic E-state index is 13.9. The molecule has 0 amide bonds. The number of benzene rings is 3. The molecule has 0 saturated carbocycles. The second-order valence-electron chi connectivity index (χ2n) is 8.94. The smallest absolute Gasteiger partial charge is 0.271 e. The summed E-state index contributed by atoms with van der Waals surface area (Å²) in [6.45, 7) is 0. The lowest BCUT2D eigenvalue weighted by Crippen LogP contribution is -2.38. The van der Waals surface area contributed by atoms with E-state index < -0.39 is 0 Å². The van der Waals surface area contributed by atoms with E-state index >= 15 is 0 Å². The molecule has 0 saturated heterocycles. The molecule has 2 aliphatic rings. The number of phenols is 1. The molecule has 1 N–H and O–H groups in total. The number of halogens is 1. The van der Waals surface area contributed by atoms with E-state index in [-0.39, 0.29) is 17.4 Å². The highest BCUT2D eigenvalue weighted by atomic mass is 127. The molecule has 0 fully saturated rings. The van der Waals surface area contributed by atoms with Crippen LogP contribution in [-0.2, 0) is 6.42 Å². The van der Waals surface area contributed by atoms with Gasteiger partial charge in [-0.15, -0.1) is 0 Å². The average Bonchev–Trinajstić information content (AvgIpc) is 3.23. The van der Waals surface area contributed by atoms with E-state index in [0.717, 1.165) is 46.6 Å². The SMILES string of the molecule is COc1cccc(C2C3=C(N=c4s/c(=C/c5cc(I)c(O)c(OC)c5)c(=O)n42)c2ccccc2CC3)c1. The van der Waals surface area contributed by atoms with E-state index in [1.54, 1.807) is 13.2 Å². The highest BCUT2D eigenvalue weighted by Gasteiger charge is 2.32. The Balaban J connectivity index is 1.61. The molecule has 0 radical (unpaired) electrons. The Morgan fingerprint density at radius 2 is 1.92 bits per heavy atom. The average molecular weight is 622 g/mol. The van der Waals surface area contributed by atoms with Gasteiger partial charge in [0.05, 0.1) is 34.1 Å². The van der Waals surface area contributed by atoms with Crippen molar-refractivity contribution < 1.29 is 14.6 Å². The minimum absolute atomic E-state index is 0.0890. The number of allylic oxidation sites excluding steroid dienone is 1. The van der Waals surface area contributed by atoms with E-state index in [1.807, 2.05) is 47.0 Å². The fraction of sp³-hybridized carbons (Fsp3) is 0.172. The topological polar surface area (TPSA) is 73.1 Å². The third-order valence-corrected chi connectivity index (χ3v) is 8.66. The van der Waals surface area contributed by atoms with Gasteiger partial charge in [-0.1, -0.05) is 47.7 Å². The summed E-state index contributed by atoms with van der Waals surface area (Å²) < 4.78 is 13.9. The van der Waals surface area contributed by atoms with Crippen LogP contribution >= 0.6 is 33.9 Å². The Morgan fingerprint density at radius 3 is 2.73 bits per heavy atom. The quantitative estimate of drug-likeness (QED) is 0.337. The summed E-state index contributed by atoms with van der Waals surface area (Å²) in [4.78, 5) is 19.7. The lowest BCUT2D eigenvalue weighted by atomic mass is 9.83. The van der Waals surface area contributed by atoms with Crippen molar-refractivity contribution in [1.29, 1.82) is 0 Å². The summed E-state index contributed by atoms with van der Waals surface area (Å²) in [6, 6.07) is 19.6. The number of hydrogen-bond donors (Lipinski definition) is 1. The van der Waals surface area contributed by atoms with Crippen molar-refractivity contribution in [3.05, 3.63) is 112 Å². The lowest BCUT2D eigenvalue weighted by molar-refractivity contribution is 0.371. The summed E-state index contributed by atoms with van der Waals surface area (Å²) in [5.41, 5.74) is 6.19. The molecule has 1 aliphatic heterocycles. The summed E-state index contributed by atoms with van der Waals surface area (Å²) in [7, 11) is 3.17. The Kier molecular flexibility index (Phi) is 6.16. The normalized spacial score (nSPS) is 16.5. The Morgan fingerprint density at radius 1 is 1.08 bits per heavy atom. The van der Waals surface area contributed by atoms with Crippen molar-refractivity contribution in [2.75, 3.05) is 14.2 Å². The van der Waals surface area contributed by atoms with Crippen molar-refractivity contribution in [3.63, 3.8) is 0 Å². The minimum Gasteiger partial charge on any atom is -0.504 e. The first-order valence-electron chi connectivity index (χ1n) is 11.8. The maximum absolute atomic E-state index is 13.9. The van der Waals surface area contributed by atoms with Crippen LogP contribution in [0.4, 0.5) is 0 Å². The second-order valence-corrected chi connectivity index (χ2v) is 11.1. The van der Waals surface area contributed by atoms with Crippen molar-refractivity contribution in [2.24, 2.45) is 4.99 Å². The number of nitrogens with zero attached hydrogens (tertiary/aromatic N) is 2. The van der Waals surface area contributed by atoms with Gasteiger partial charge in [0.1, 0.15) is 5.75 Å². The fourth-order valence-electron chi connectivity index (χ4n) is 5.12. The van der Waals surface area contributed by atoms with Gasteiger partial charge in [0.2, 0.25) is 0 Å². The van der Waals surface area contributed by atoms with Gasteiger partial charge in [0.15, 0.2) is 16.3 Å². The molecule has 1 aliphatic carbocycles. The van der Waals surface area contributed by atoms with Crippen molar-refractivity contribution >= 4 is 45.7 Å². The highest BCUT2D eigenvalue weighted by molar-refractivity contribution is 14.1. The largest absolute Gasteiger partial charge is 0.504 e. The molecule has 0 bridgehead atoms. The fourth-order valence-corrected chi connectivity index (χ4v) is 6.74. The Bertz CT molecular complexity index is 1770. The van der Waals surface area contributed by atoms with E-state index in [1.165, 1.54) is 24.0 Å². The molecule has 37 heavy (non-hydrogen) atoms. The van der Waals surface area contributed by atoms with Crippen molar-refractivity contribution in [1.82, 2.24) is 4.57 Å². The number of methoxy groups -OCH3 is 2. The van der Waals surface area contributed by atoms with Gasteiger partial charge in [-0.05, 0) is 88.0 Å². The molecule has 1 unspecified atom stereocenters. The zero-order valence-electron chi connectivity index (χ0n) is 20.2. The Labute approximate surface area is 231 Å². The molecule has 1 aromatic heterocycles. The molecule has 1 atom stereocenters. The van der Waals surface area contributed by atoms with Crippen LogP contribution in [0, 0.1) is 3.57 Å². The number of aromatic hydroxyl groups is 1. The molecule has 3 aromatic carbocycles. The number of rotatable bonds is 4. The van der Waals surface area contributed by atoms with Crippen LogP contribution < -0.4 is 24.4 Å². The predicted molar refractivity (Wildman–Crippen MR) is 153 cm³/mol. The number of thiazole rings is 1. The molecule has 4 aromatic rings. The number of ether oxygens (including phenoxy) is 2. The lowest BCUT2D eigenvalue weighted by Gasteiger charge is -2.31. The van der Waals surface area contributed by atoms with Crippen LogP contribution in [0.5, 0.6) is 17.2 Å². The van der Waals surface area contributed by atoms with Gasteiger partial charge in [-0.3, -0.25) is 9.36 Å². The van der Waals surface area contributed by atoms with Gasteiger partial charge in [-0.2, -0.15) is 0 Å². The monoisotopic (exact) mass is 622 g/mol. The van der Waals surface area contributed by atoms with Crippen LogP contribution in [0.1, 0.15) is 34.7 Å². The molecular formula is C29H23IN2O4S. The zero-order chi connectivity index (χ0) is 25.7. The van der Waals surface area contributed by atoms with E-state index in [2.05, 4.69) is 40.8 Å². The number of fused-ring (bicyclic) bond motifs is 3. The highest BCUT2D eigenvalue weighted by Crippen LogP contribution is 2.41. The third-order valence-electron chi connectivity index (χ3n) is 6.85. The first kappa shape index (κ1) is 24.0. The number of hydrogen-bond acceptors (Lipinski definition) is 6. The maximum Gasteiger partial charge on any atom is 0.271 e. The van der Waals surface area contributed by atoms with Crippen LogP contribution in [0.3, 0.4) is 0 Å². The van der Waals surface area contributed by atoms with Crippen molar-refractivity contribution in [3.8, 4) is 17.2 Å². The van der Waals surface area contributed by atoms with Gasteiger partial charge < -0.3 is 14.6 Å². The second kappa shape index (κ2) is 9.50. The number of aromatic nitrogens is 1. The Hall–Kier alpha value is -3.37. The summed E-state index contributed by atoms with van der Waals surface area (Å²) in [5.74, 6) is 1.21. The third kappa shape index (κ3) is 4.08. The minimum atomic E-state index is -0.272. The van der Waals surface area contributed by atoms with Gasteiger partial charge in [-0.25, -0.2) is 4.99 Å². The van der Waals surface area contributed by atoms with E-state index in [9.17, 15) is 9.90 Å². The first-order valence-corrected chi connectivity index (χ1v) is 13.7. The van der Waals surface area contributed by atoms with Gasteiger partial charge >= 0.3 is 0 Å². The van der Waals surface area contributed by atoms with Gasteiger partial charge in [0, 0.05) is 5.56 Å². The van der Waals surface area contributed by atoms with Crippen LogP contribution in [0.2, 0.25) is 0 Å². The molecule has 6 nitrogen and oxygen atoms in total. The van der Waals surface area contributed by atoms with Gasteiger partial charge in [0.25, 0.3) is 5.56 Å². The van der Waals surface area contributed by atoms with Crippen LogP contribution in [0.15, 0.2) is 76.0 Å². The number of phenolic OH excluding ortho intramolecular Hbond substituents is 1. The van der Waals surface area contributed by atoms with E-state index in [4.69, 9.17) is 14.5 Å². The molecule has 0 spiro atoms. The molecule has 8 heteroatoms. The standard InChI is InChI=1S/C29H23IN2O4S/c1-35-19-8-5-7-18(15-19)26-21-11-10-17-6-3-4-9-20(17)25(21)31-29-32(26)28(34)24(37-29)14-16-12-22(30)27(33)23(13-16)36-2/h3-9,12-15,26,33H,10-11H2,1-2H3/b24-14+. The molecular weight excluding hydrogens is 599 g/mol. The summed E-state index contributed by atoms with van der Waals surface area (Å²) in [6.07, 6.45) is 3.57. The molecule has 6 rings (SSSR count). The van der Waals surface area contributed by atoms with Crippen LogP contribution in [-0.4, -0.2) is 23.9 Å². The van der Waals surface area contributed by atoms with E-state index in [0.29, 0.717) is 18.7 Å². The summed E-state index contributed by atoms with van der Waals surface area (Å²) in [5, 5.41) is 10.2. The first-order chi connectivity index (χ1) is 18.0. The van der Waals surface area contributed by atoms with Crippen molar-refractivity contribution in [2.45, 2.75) is 18.9 Å². The number of aryl methyl sites for hydroxylation is 1. The molecule has 2 heterocycles. The van der Waals surface area contributed by atoms with Crippen LogP contribution in [0.25, 0.3) is 11.8 Å². The summed E-state index contributed by atoms with van der Waals surface area (Å²) >= 11 is 3.44. The predicted octanol–water partition coefficient (Wildman–Crippen LogP) is 4.65.